The fourth-order valence-electron chi connectivity index (χ4n) is 4.01. The molecule has 1 heterocycles. The molecule has 0 saturated carbocycles. The van der Waals surface area contributed by atoms with E-state index in [0.717, 1.165) is 12.1 Å². The number of amides is 1. The van der Waals surface area contributed by atoms with E-state index < -0.39 is 23.0 Å². The zero-order valence-corrected chi connectivity index (χ0v) is 20.4. The Morgan fingerprint density at radius 1 is 1.03 bits per heavy atom. The normalized spacial score (nSPS) is 10.8. The highest BCUT2D eigenvalue weighted by molar-refractivity contribution is 5.95. The standard InChI is InChI=1S/C28H24F2N2O5.H2/c1-4-36-28(35)21-15-32(14-20-22(29)6-5-7-23(20)30)24-12-13-25(16(2)26(24)27(21)34)37-19-10-8-18(9-11-19)31-17(3)33;/h5-13,15H,4,14H2,1-3H3,(H,31,33);1H. The van der Waals surface area contributed by atoms with Gasteiger partial charge in [0.2, 0.25) is 11.3 Å². The number of benzene rings is 3. The van der Waals surface area contributed by atoms with Crippen molar-refractivity contribution >= 4 is 28.5 Å². The molecule has 1 amide bonds. The molecule has 0 radical (unpaired) electrons. The van der Waals surface area contributed by atoms with Crippen molar-refractivity contribution in [2.24, 2.45) is 0 Å². The highest BCUT2D eigenvalue weighted by Gasteiger charge is 2.21. The molecule has 0 aliphatic heterocycles. The number of rotatable bonds is 7. The van der Waals surface area contributed by atoms with Gasteiger partial charge in [0.25, 0.3) is 0 Å². The first-order chi connectivity index (χ1) is 17.7. The van der Waals surface area contributed by atoms with Gasteiger partial charge in [0.15, 0.2) is 0 Å². The number of esters is 1. The van der Waals surface area contributed by atoms with Crippen LogP contribution in [0, 0.1) is 18.6 Å². The van der Waals surface area contributed by atoms with Gasteiger partial charge < -0.3 is 19.4 Å². The van der Waals surface area contributed by atoms with E-state index in [2.05, 4.69) is 5.32 Å². The summed E-state index contributed by atoms with van der Waals surface area (Å²) in [6.07, 6.45) is 1.26. The second-order valence-electron chi connectivity index (χ2n) is 8.31. The molecule has 9 heteroatoms. The van der Waals surface area contributed by atoms with Crippen LogP contribution in [0.5, 0.6) is 11.5 Å². The number of nitrogens with one attached hydrogen (secondary N) is 1. The van der Waals surface area contributed by atoms with Crippen molar-refractivity contribution in [2.45, 2.75) is 27.3 Å². The molecule has 4 aromatic rings. The maximum atomic E-state index is 14.4. The van der Waals surface area contributed by atoms with E-state index in [0.29, 0.717) is 28.3 Å². The smallest absolute Gasteiger partial charge is 0.343 e. The van der Waals surface area contributed by atoms with Gasteiger partial charge in [-0.1, -0.05) is 6.07 Å². The summed E-state index contributed by atoms with van der Waals surface area (Å²) in [5.74, 6) is -1.74. The van der Waals surface area contributed by atoms with Crippen LogP contribution in [-0.4, -0.2) is 23.1 Å². The summed E-state index contributed by atoms with van der Waals surface area (Å²) in [5.41, 5.74) is 0.347. The Bertz CT molecular complexity index is 1550. The molecule has 0 saturated heterocycles. The van der Waals surface area contributed by atoms with Crippen LogP contribution in [0.4, 0.5) is 14.5 Å². The molecular formula is C28H26F2N2O5. The minimum Gasteiger partial charge on any atom is -0.462 e. The van der Waals surface area contributed by atoms with Crippen LogP contribution in [0.25, 0.3) is 10.9 Å². The van der Waals surface area contributed by atoms with E-state index in [4.69, 9.17) is 9.47 Å². The van der Waals surface area contributed by atoms with Crippen LogP contribution in [0.3, 0.4) is 0 Å². The molecule has 3 aromatic carbocycles. The Morgan fingerprint density at radius 2 is 1.70 bits per heavy atom. The summed E-state index contributed by atoms with van der Waals surface area (Å²) in [7, 11) is 0. The average Bonchev–Trinajstić information content (AvgIpc) is 2.85. The van der Waals surface area contributed by atoms with Gasteiger partial charge in [-0.15, -0.1) is 0 Å². The fourth-order valence-corrected chi connectivity index (χ4v) is 4.01. The monoisotopic (exact) mass is 508 g/mol. The number of hydrogen-bond donors (Lipinski definition) is 1. The quantitative estimate of drug-likeness (QED) is 0.319. The number of pyridine rings is 1. The lowest BCUT2D eigenvalue weighted by atomic mass is 10.0. The van der Waals surface area contributed by atoms with Gasteiger partial charge in [-0.05, 0) is 62.4 Å². The number of carbonyl (C=O) groups is 2. The number of halogens is 2. The van der Waals surface area contributed by atoms with Crippen molar-refractivity contribution in [3.63, 3.8) is 0 Å². The third-order valence-electron chi connectivity index (χ3n) is 5.75. The number of carbonyl (C=O) groups excluding carboxylic acids is 2. The van der Waals surface area contributed by atoms with Gasteiger partial charge in [-0.2, -0.15) is 0 Å². The SMILES string of the molecule is CCOC(=O)c1cn(Cc2c(F)cccc2F)c2ccc(Oc3ccc(NC(C)=O)cc3)c(C)c2c1=O.[HH]. The van der Waals surface area contributed by atoms with Crippen molar-refractivity contribution in [3.05, 3.63) is 99.3 Å². The maximum absolute atomic E-state index is 14.4. The first kappa shape index (κ1) is 25.6. The minimum atomic E-state index is -0.837. The van der Waals surface area contributed by atoms with Gasteiger partial charge in [0.05, 0.1) is 24.1 Å². The molecule has 0 fully saturated rings. The van der Waals surface area contributed by atoms with Crippen molar-refractivity contribution in [2.75, 3.05) is 11.9 Å². The van der Waals surface area contributed by atoms with Crippen LogP contribution < -0.4 is 15.5 Å². The van der Waals surface area contributed by atoms with Gasteiger partial charge in [0.1, 0.15) is 28.7 Å². The fraction of sp³-hybridized carbons (Fsp3) is 0.179. The van der Waals surface area contributed by atoms with Crippen LogP contribution >= 0.6 is 0 Å². The zero-order chi connectivity index (χ0) is 26.7. The van der Waals surface area contributed by atoms with Crippen LogP contribution in [0.2, 0.25) is 0 Å². The third kappa shape index (κ3) is 5.35. The van der Waals surface area contributed by atoms with E-state index in [-0.39, 0.29) is 37.0 Å². The molecule has 1 aromatic heterocycles. The summed E-state index contributed by atoms with van der Waals surface area (Å²) in [6, 6.07) is 13.4. The van der Waals surface area contributed by atoms with Gasteiger partial charge in [0, 0.05) is 31.4 Å². The number of nitrogens with zero attached hydrogens (tertiary/aromatic N) is 1. The van der Waals surface area contributed by atoms with Gasteiger partial charge in [-0.3, -0.25) is 9.59 Å². The highest BCUT2D eigenvalue weighted by atomic mass is 19.1. The average molecular weight is 509 g/mol. The number of aromatic nitrogens is 1. The topological polar surface area (TPSA) is 86.6 Å². The van der Waals surface area contributed by atoms with Crippen LogP contribution in [0.15, 0.2) is 65.6 Å². The molecule has 0 bridgehead atoms. The van der Waals surface area contributed by atoms with Crippen molar-refractivity contribution in [3.8, 4) is 11.5 Å². The number of ether oxygens (including phenoxy) is 2. The first-order valence-corrected chi connectivity index (χ1v) is 11.5. The largest absolute Gasteiger partial charge is 0.462 e. The van der Waals surface area contributed by atoms with Crippen molar-refractivity contribution in [1.82, 2.24) is 4.57 Å². The highest BCUT2D eigenvalue weighted by Crippen LogP contribution is 2.31. The van der Waals surface area contributed by atoms with Gasteiger partial charge in [-0.25, -0.2) is 13.6 Å². The summed E-state index contributed by atoms with van der Waals surface area (Å²) in [5, 5.41) is 2.83. The lowest BCUT2D eigenvalue weighted by Gasteiger charge is -2.17. The summed E-state index contributed by atoms with van der Waals surface area (Å²) in [4.78, 5) is 37.2. The predicted molar refractivity (Wildman–Crippen MR) is 137 cm³/mol. The predicted octanol–water partition coefficient (Wildman–Crippen LogP) is 5.81. The van der Waals surface area contributed by atoms with E-state index in [9.17, 15) is 23.2 Å². The Hall–Kier alpha value is -4.53. The number of anilines is 1. The molecule has 4 rings (SSSR count). The number of fused-ring (bicyclic) bond motifs is 1. The zero-order valence-electron chi connectivity index (χ0n) is 20.4. The first-order valence-electron chi connectivity index (χ1n) is 11.5. The molecule has 37 heavy (non-hydrogen) atoms. The molecule has 192 valence electrons. The second-order valence-corrected chi connectivity index (χ2v) is 8.31. The summed E-state index contributed by atoms with van der Waals surface area (Å²) >= 11 is 0. The van der Waals surface area contributed by atoms with Crippen LogP contribution in [-0.2, 0) is 16.1 Å². The van der Waals surface area contributed by atoms with E-state index in [1.54, 1.807) is 50.2 Å². The number of hydrogen-bond acceptors (Lipinski definition) is 5. The molecule has 0 unspecified atom stereocenters. The number of aryl methyl sites for hydroxylation is 1. The molecule has 0 aliphatic carbocycles. The van der Waals surface area contributed by atoms with Crippen LogP contribution in [0.1, 0.15) is 36.8 Å². The van der Waals surface area contributed by atoms with E-state index in [1.807, 2.05) is 0 Å². The molecule has 7 nitrogen and oxygen atoms in total. The Labute approximate surface area is 212 Å². The Balaban J connectivity index is 0.00000400. The van der Waals surface area contributed by atoms with Crippen molar-refractivity contribution in [1.29, 1.82) is 0 Å². The minimum absolute atomic E-state index is 0. The Kier molecular flexibility index (Phi) is 7.33. The van der Waals surface area contributed by atoms with Gasteiger partial charge >= 0.3 is 5.97 Å². The lowest BCUT2D eigenvalue weighted by molar-refractivity contribution is -0.114. The van der Waals surface area contributed by atoms with E-state index in [1.165, 1.54) is 23.8 Å². The molecule has 0 spiro atoms. The molecule has 0 atom stereocenters. The molecule has 1 N–H and O–H groups in total. The molecule has 0 aliphatic rings. The molecular weight excluding hydrogens is 482 g/mol. The lowest BCUT2D eigenvalue weighted by Crippen LogP contribution is -2.22. The third-order valence-corrected chi connectivity index (χ3v) is 5.75. The summed E-state index contributed by atoms with van der Waals surface area (Å²) in [6.45, 7) is 4.47. The second kappa shape index (κ2) is 10.6. The van der Waals surface area contributed by atoms with Crippen molar-refractivity contribution < 1.29 is 29.3 Å². The maximum Gasteiger partial charge on any atom is 0.343 e. The Morgan fingerprint density at radius 3 is 2.32 bits per heavy atom. The van der Waals surface area contributed by atoms with E-state index >= 15 is 0 Å². The summed E-state index contributed by atoms with van der Waals surface area (Å²) < 4.78 is 41.3.